The Balaban J connectivity index is 1.62. The van der Waals surface area contributed by atoms with Gasteiger partial charge in [-0.2, -0.15) is 4.98 Å². The van der Waals surface area contributed by atoms with E-state index < -0.39 is 0 Å². The van der Waals surface area contributed by atoms with E-state index in [0.29, 0.717) is 19.0 Å². The summed E-state index contributed by atoms with van der Waals surface area (Å²) in [5.74, 6) is 1.23. The molecule has 2 aromatic rings. The molecule has 3 rings (SSSR count). The van der Waals surface area contributed by atoms with E-state index in [1.165, 1.54) is 0 Å². The van der Waals surface area contributed by atoms with E-state index in [-0.39, 0.29) is 17.8 Å². The molecule has 1 fully saturated rings. The zero-order valence-electron chi connectivity index (χ0n) is 13.1. The summed E-state index contributed by atoms with van der Waals surface area (Å²) in [4.78, 5) is 32.3. The highest BCUT2D eigenvalue weighted by molar-refractivity contribution is 5.90. The minimum Gasteiger partial charge on any atom is -0.471 e. The van der Waals surface area contributed by atoms with Gasteiger partial charge in [-0.15, -0.1) is 0 Å². The third-order valence-electron chi connectivity index (χ3n) is 3.53. The highest BCUT2D eigenvalue weighted by Gasteiger charge is 2.29. The molecule has 0 radical (unpaired) electrons. The summed E-state index contributed by atoms with van der Waals surface area (Å²) in [7, 11) is 3.78. The molecule has 1 atom stereocenters. The number of hydrogen-bond acceptors (Lipinski definition) is 7. The van der Waals surface area contributed by atoms with Crippen LogP contribution in [0.25, 0.3) is 0 Å². The van der Waals surface area contributed by atoms with E-state index in [1.807, 2.05) is 19.0 Å². The second-order valence-electron chi connectivity index (χ2n) is 5.46. The first-order valence-electron chi connectivity index (χ1n) is 7.36. The summed E-state index contributed by atoms with van der Waals surface area (Å²) in [5.41, 5.74) is 0. The molecule has 23 heavy (non-hydrogen) atoms. The third-order valence-corrected chi connectivity index (χ3v) is 3.53. The Bertz CT molecular complexity index is 679. The van der Waals surface area contributed by atoms with E-state index in [9.17, 15) is 4.79 Å². The number of nitrogens with zero attached hydrogens (tertiary/aromatic N) is 6. The van der Waals surface area contributed by atoms with Gasteiger partial charge in [0.25, 0.3) is 5.91 Å². The van der Waals surface area contributed by atoms with Crippen molar-refractivity contribution in [2.75, 3.05) is 32.1 Å². The molecule has 8 nitrogen and oxygen atoms in total. The highest BCUT2D eigenvalue weighted by Crippen LogP contribution is 2.19. The van der Waals surface area contributed by atoms with Gasteiger partial charge in [-0.3, -0.25) is 9.78 Å². The van der Waals surface area contributed by atoms with Crippen molar-refractivity contribution in [3.8, 4) is 5.88 Å². The van der Waals surface area contributed by atoms with Crippen molar-refractivity contribution in [1.29, 1.82) is 0 Å². The molecule has 1 saturated heterocycles. The smallest absolute Gasteiger partial charge is 0.291 e. The predicted octanol–water partition coefficient (Wildman–Crippen LogP) is 0.626. The Morgan fingerprint density at radius 2 is 2.09 bits per heavy atom. The summed E-state index contributed by atoms with van der Waals surface area (Å²) in [5, 5.41) is 0. The van der Waals surface area contributed by atoms with Crippen LogP contribution in [0.3, 0.4) is 0 Å². The molecule has 1 aliphatic rings. The van der Waals surface area contributed by atoms with Crippen molar-refractivity contribution in [3.05, 3.63) is 36.7 Å². The average Bonchev–Trinajstić information content (AvgIpc) is 3.03. The topological polar surface area (TPSA) is 84.3 Å². The lowest BCUT2D eigenvalue weighted by molar-refractivity contribution is 0.0759. The number of anilines is 1. The Hall–Kier alpha value is -2.77. The van der Waals surface area contributed by atoms with Crippen molar-refractivity contribution in [3.63, 3.8) is 0 Å². The SMILES string of the molecule is CN(C)c1cncc(OC2CCN(C(=O)c3ncccn3)C2)n1. The zero-order valence-corrected chi connectivity index (χ0v) is 13.1. The number of carbonyl (C=O) groups excluding carboxylic acids is 1. The van der Waals surface area contributed by atoms with Gasteiger partial charge in [-0.05, 0) is 6.07 Å². The highest BCUT2D eigenvalue weighted by atomic mass is 16.5. The van der Waals surface area contributed by atoms with Gasteiger partial charge < -0.3 is 14.5 Å². The lowest BCUT2D eigenvalue weighted by Gasteiger charge is -2.17. The fraction of sp³-hybridized carbons (Fsp3) is 0.400. The molecule has 0 N–H and O–H groups in total. The van der Waals surface area contributed by atoms with E-state index in [1.54, 1.807) is 35.8 Å². The molecule has 120 valence electrons. The van der Waals surface area contributed by atoms with Crippen LogP contribution in [0.2, 0.25) is 0 Å². The molecule has 3 heterocycles. The van der Waals surface area contributed by atoms with Crippen LogP contribution in [0.1, 0.15) is 17.0 Å². The molecule has 1 unspecified atom stereocenters. The maximum Gasteiger partial charge on any atom is 0.291 e. The summed E-state index contributed by atoms with van der Waals surface area (Å²) in [6.45, 7) is 1.10. The minimum absolute atomic E-state index is 0.102. The van der Waals surface area contributed by atoms with E-state index in [4.69, 9.17) is 4.74 Å². The largest absolute Gasteiger partial charge is 0.471 e. The summed E-state index contributed by atoms with van der Waals surface area (Å²) in [6.07, 6.45) is 7.02. The lowest BCUT2D eigenvalue weighted by atomic mass is 10.3. The summed E-state index contributed by atoms with van der Waals surface area (Å²) < 4.78 is 5.85. The van der Waals surface area contributed by atoms with Crippen LogP contribution in [0, 0.1) is 0 Å². The van der Waals surface area contributed by atoms with Gasteiger partial charge in [0.2, 0.25) is 11.7 Å². The number of amides is 1. The summed E-state index contributed by atoms with van der Waals surface area (Å²) in [6, 6.07) is 1.68. The minimum atomic E-state index is -0.176. The van der Waals surface area contributed by atoms with E-state index in [0.717, 1.165) is 12.2 Å². The van der Waals surface area contributed by atoms with Crippen LogP contribution in [0.15, 0.2) is 30.9 Å². The standard InChI is InChI=1S/C15H18N6O2/c1-20(2)12-8-16-9-13(19-12)23-11-4-7-21(10-11)15(22)14-17-5-3-6-18-14/h3,5-6,8-9,11H,4,7,10H2,1-2H3. The maximum atomic E-state index is 12.3. The van der Waals surface area contributed by atoms with Crippen LogP contribution < -0.4 is 9.64 Å². The molecule has 0 aromatic carbocycles. The van der Waals surface area contributed by atoms with E-state index >= 15 is 0 Å². The van der Waals surface area contributed by atoms with E-state index in [2.05, 4.69) is 19.9 Å². The second-order valence-corrected chi connectivity index (χ2v) is 5.46. The van der Waals surface area contributed by atoms with Gasteiger partial charge in [0.1, 0.15) is 6.10 Å². The normalized spacial score (nSPS) is 17.1. The van der Waals surface area contributed by atoms with Crippen molar-refractivity contribution in [2.45, 2.75) is 12.5 Å². The summed E-state index contributed by atoms with van der Waals surface area (Å²) >= 11 is 0. The Labute approximate surface area is 134 Å². The molecule has 1 amide bonds. The number of aromatic nitrogens is 4. The monoisotopic (exact) mass is 314 g/mol. The first-order chi connectivity index (χ1) is 11.1. The maximum absolute atomic E-state index is 12.3. The van der Waals surface area contributed by atoms with Gasteiger partial charge >= 0.3 is 0 Å². The number of ether oxygens (including phenoxy) is 1. The quantitative estimate of drug-likeness (QED) is 0.818. The van der Waals surface area contributed by atoms with Crippen molar-refractivity contribution in [2.24, 2.45) is 0 Å². The van der Waals surface area contributed by atoms with Crippen molar-refractivity contribution in [1.82, 2.24) is 24.8 Å². The second kappa shape index (κ2) is 6.55. The first-order valence-corrected chi connectivity index (χ1v) is 7.36. The number of carbonyl (C=O) groups is 1. The molecular formula is C15H18N6O2. The Kier molecular flexibility index (Phi) is 4.31. The molecule has 2 aromatic heterocycles. The molecule has 0 saturated carbocycles. The average molecular weight is 314 g/mol. The van der Waals surface area contributed by atoms with Crippen molar-refractivity contribution >= 4 is 11.7 Å². The molecular weight excluding hydrogens is 296 g/mol. The third kappa shape index (κ3) is 3.53. The molecule has 0 bridgehead atoms. The predicted molar refractivity (Wildman–Crippen MR) is 83.3 cm³/mol. The van der Waals surface area contributed by atoms with Gasteiger partial charge in [-0.25, -0.2) is 9.97 Å². The van der Waals surface area contributed by atoms with Crippen LogP contribution in [-0.4, -0.2) is 64.0 Å². The van der Waals surface area contributed by atoms with Gasteiger partial charge in [-0.1, -0.05) is 0 Å². The molecule has 8 heteroatoms. The van der Waals surface area contributed by atoms with Crippen LogP contribution in [0.5, 0.6) is 5.88 Å². The lowest BCUT2D eigenvalue weighted by Crippen LogP contribution is -2.32. The number of hydrogen-bond donors (Lipinski definition) is 0. The zero-order chi connectivity index (χ0) is 16.2. The Morgan fingerprint density at radius 3 is 2.83 bits per heavy atom. The molecule has 0 spiro atoms. The van der Waals surface area contributed by atoms with Crippen molar-refractivity contribution < 1.29 is 9.53 Å². The number of rotatable bonds is 4. The Morgan fingerprint density at radius 1 is 1.30 bits per heavy atom. The van der Waals surface area contributed by atoms with Crippen LogP contribution in [0.4, 0.5) is 5.82 Å². The molecule has 0 aliphatic carbocycles. The van der Waals surface area contributed by atoms with Crippen LogP contribution >= 0.6 is 0 Å². The first kappa shape index (κ1) is 15.1. The fourth-order valence-corrected chi connectivity index (χ4v) is 2.34. The van der Waals surface area contributed by atoms with Gasteiger partial charge in [0, 0.05) is 39.5 Å². The molecule has 1 aliphatic heterocycles. The number of likely N-dealkylation sites (tertiary alicyclic amines) is 1. The van der Waals surface area contributed by atoms with Gasteiger partial charge in [0.05, 0.1) is 18.9 Å². The van der Waals surface area contributed by atoms with Gasteiger partial charge in [0.15, 0.2) is 5.82 Å². The fourth-order valence-electron chi connectivity index (χ4n) is 2.34. The van der Waals surface area contributed by atoms with Crippen LogP contribution in [-0.2, 0) is 0 Å².